The number of benzene rings is 1. The fourth-order valence-corrected chi connectivity index (χ4v) is 2.95. The van der Waals surface area contributed by atoms with Crippen LogP contribution in [0.5, 0.6) is 5.75 Å². The van der Waals surface area contributed by atoms with Crippen LogP contribution in [-0.2, 0) is 4.79 Å². The minimum Gasteiger partial charge on any atom is -0.491 e. The van der Waals surface area contributed by atoms with Gasteiger partial charge in [-0.05, 0) is 57.4 Å². The Hall–Kier alpha value is -1.55. The summed E-state index contributed by atoms with van der Waals surface area (Å²) < 4.78 is 5.66. The fraction of sp³-hybridized carbons (Fsp3) is 0.588. The average molecular weight is 290 g/mol. The maximum Gasteiger partial charge on any atom is 0.231 e. The lowest BCUT2D eigenvalue weighted by Crippen LogP contribution is -2.40. The normalized spacial score (nSPS) is 17.0. The zero-order valence-corrected chi connectivity index (χ0v) is 13.2. The van der Waals surface area contributed by atoms with Gasteiger partial charge in [-0.15, -0.1) is 0 Å². The predicted molar refractivity (Wildman–Crippen MR) is 85.5 cm³/mol. The second-order valence-corrected chi connectivity index (χ2v) is 6.29. The van der Waals surface area contributed by atoms with E-state index in [0.717, 1.165) is 42.7 Å². The Bertz CT molecular complexity index is 506. The molecule has 0 spiro atoms. The van der Waals surface area contributed by atoms with E-state index in [2.05, 4.69) is 5.32 Å². The van der Waals surface area contributed by atoms with Crippen LogP contribution in [0, 0.1) is 12.3 Å². The Morgan fingerprint density at radius 2 is 2.05 bits per heavy atom. The number of rotatable bonds is 5. The zero-order valence-electron chi connectivity index (χ0n) is 13.2. The maximum atomic E-state index is 12.6. The molecule has 4 heteroatoms. The van der Waals surface area contributed by atoms with E-state index in [1.807, 2.05) is 39.0 Å². The number of nitrogens with two attached hydrogens (primary N) is 1. The molecule has 3 N–H and O–H groups in total. The van der Waals surface area contributed by atoms with E-state index in [4.69, 9.17) is 10.5 Å². The molecule has 0 aromatic heterocycles. The molecule has 0 unspecified atom stereocenters. The maximum absolute atomic E-state index is 12.6. The lowest BCUT2D eigenvalue weighted by molar-refractivity contribution is -0.124. The first-order valence-electron chi connectivity index (χ1n) is 7.76. The number of aryl methyl sites for hydroxylation is 1. The molecular formula is C17H26N2O2. The van der Waals surface area contributed by atoms with Gasteiger partial charge in [0.25, 0.3) is 0 Å². The standard InChI is InChI=1S/C17H26N2O2/c1-12(2)21-14-6-7-15(13(3)10-14)19-16(20)17(11-18)8-4-5-9-17/h6-7,10,12H,4-5,8-9,11,18H2,1-3H3,(H,19,20). The van der Waals surface area contributed by atoms with Crippen molar-refractivity contribution in [3.63, 3.8) is 0 Å². The number of anilines is 1. The van der Waals surface area contributed by atoms with Crippen molar-refractivity contribution in [2.24, 2.45) is 11.1 Å². The Morgan fingerprint density at radius 1 is 1.38 bits per heavy atom. The highest BCUT2D eigenvalue weighted by Crippen LogP contribution is 2.38. The van der Waals surface area contributed by atoms with Crippen molar-refractivity contribution in [1.82, 2.24) is 0 Å². The summed E-state index contributed by atoms with van der Waals surface area (Å²) in [5.41, 5.74) is 7.33. The van der Waals surface area contributed by atoms with Crippen LogP contribution in [0.2, 0.25) is 0 Å². The number of nitrogens with one attached hydrogen (secondary N) is 1. The quantitative estimate of drug-likeness (QED) is 0.875. The number of carbonyl (C=O) groups is 1. The smallest absolute Gasteiger partial charge is 0.231 e. The second-order valence-electron chi connectivity index (χ2n) is 6.29. The van der Waals surface area contributed by atoms with E-state index < -0.39 is 0 Å². The molecule has 1 aromatic rings. The molecule has 1 saturated carbocycles. The van der Waals surface area contributed by atoms with Crippen LogP contribution >= 0.6 is 0 Å². The van der Waals surface area contributed by atoms with Gasteiger partial charge in [-0.2, -0.15) is 0 Å². The summed E-state index contributed by atoms with van der Waals surface area (Å²) in [6.07, 6.45) is 4.10. The Kier molecular flexibility index (Phi) is 4.88. The molecule has 1 aliphatic rings. The monoisotopic (exact) mass is 290 g/mol. The number of carbonyl (C=O) groups excluding carboxylic acids is 1. The van der Waals surface area contributed by atoms with Gasteiger partial charge < -0.3 is 15.8 Å². The van der Waals surface area contributed by atoms with Gasteiger partial charge in [0.2, 0.25) is 5.91 Å². The van der Waals surface area contributed by atoms with E-state index >= 15 is 0 Å². The van der Waals surface area contributed by atoms with Gasteiger partial charge in [0.15, 0.2) is 0 Å². The first-order chi connectivity index (χ1) is 9.97. The van der Waals surface area contributed by atoms with Gasteiger partial charge in [0.1, 0.15) is 5.75 Å². The molecule has 4 nitrogen and oxygen atoms in total. The fourth-order valence-electron chi connectivity index (χ4n) is 2.95. The van der Waals surface area contributed by atoms with Crippen LogP contribution in [0.15, 0.2) is 18.2 Å². The molecular weight excluding hydrogens is 264 g/mol. The molecule has 0 atom stereocenters. The van der Waals surface area contributed by atoms with E-state index in [1.165, 1.54) is 0 Å². The summed E-state index contributed by atoms with van der Waals surface area (Å²) in [6.45, 7) is 6.39. The number of hydrogen-bond donors (Lipinski definition) is 2. The highest BCUT2D eigenvalue weighted by molar-refractivity contribution is 5.96. The summed E-state index contributed by atoms with van der Waals surface area (Å²) >= 11 is 0. The summed E-state index contributed by atoms with van der Waals surface area (Å²) in [5, 5.41) is 3.05. The topological polar surface area (TPSA) is 64.3 Å². The lowest BCUT2D eigenvalue weighted by atomic mass is 9.85. The van der Waals surface area contributed by atoms with Crippen LogP contribution < -0.4 is 15.8 Å². The van der Waals surface area contributed by atoms with Crippen molar-refractivity contribution in [3.05, 3.63) is 23.8 Å². The van der Waals surface area contributed by atoms with Crippen LogP contribution in [0.1, 0.15) is 45.1 Å². The Labute approximate surface area is 127 Å². The zero-order chi connectivity index (χ0) is 15.5. The average Bonchev–Trinajstić information content (AvgIpc) is 2.91. The molecule has 1 aromatic carbocycles. The van der Waals surface area contributed by atoms with Crippen LogP contribution in [-0.4, -0.2) is 18.6 Å². The van der Waals surface area contributed by atoms with Gasteiger partial charge in [0.05, 0.1) is 11.5 Å². The molecule has 0 heterocycles. The van der Waals surface area contributed by atoms with Gasteiger partial charge in [0, 0.05) is 12.2 Å². The van der Waals surface area contributed by atoms with Crippen LogP contribution in [0.4, 0.5) is 5.69 Å². The summed E-state index contributed by atoms with van der Waals surface area (Å²) in [4.78, 5) is 12.6. The van der Waals surface area contributed by atoms with Crippen molar-refractivity contribution >= 4 is 11.6 Å². The summed E-state index contributed by atoms with van der Waals surface area (Å²) in [5.74, 6) is 0.887. The second kappa shape index (κ2) is 6.48. The first-order valence-corrected chi connectivity index (χ1v) is 7.76. The molecule has 1 amide bonds. The van der Waals surface area contributed by atoms with E-state index in [-0.39, 0.29) is 17.4 Å². The third-order valence-electron chi connectivity index (χ3n) is 4.25. The third kappa shape index (κ3) is 3.56. The summed E-state index contributed by atoms with van der Waals surface area (Å²) in [6, 6.07) is 5.76. The first kappa shape index (κ1) is 15.8. The van der Waals surface area contributed by atoms with E-state index in [9.17, 15) is 4.79 Å². The number of hydrogen-bond acceptors (Lipinski definition) is 3. The van der Waals surface area contributed by atoms with E-state index in [0.29, 0.717) is 6.54 Å². The molecule has 0 aliphatic heterocycles. The molecule has 0 radical (unpaired) electrons. The lowest BCUT2D eigenvalue weighted by Gasteiger charge is -2.26. The predicted octanol–water partition coefficient (Wildman–Crippen LogP) is 3.24. The van der Waals surface area contributed by atoms with Crippen molar-refractivity contribution in [3.8, 4) is 5.75 Å². The molecule has 1 fully saturated rings. The van der Waals surface area contributed by atoms with Gasteiger partial charge in [-0.25, -0.2) is 0 Å². The van der Waals surface area contributed by atoms with Crippen molar-refractivity contribution in [2.45, 2.75) is 52.6 Å². The van der Waals surface area contributed by atoms with Crippen molar-refractivity contribution in [1.29, 1.82) is 0 Å². The highest BCUT2D eigenvalue weighted by Gasteiger charge is 2.39. The molecule has 0 saturated heterocycles. The van der Waals surface area contributed by atoms with Crippen LogP contribution in [0.25, 0.3) is 0 Å². The Balaban J connectivity index is 2.10. The van der Waals surface area contributed by atoms with Crippen LogP contribution in [0.3, 0.4) is 0 Å². The summed E-state index contributed by atoms with van der Waals surface area (Å²) in [7, 11) is 0. The molecule has 1 aliphatic carbocycles. The highest BCUT2D eigenvalue weighted by atomic mass is 16.5. The minimum absolute atomic E-state index is 0.0585. The Morgan fingerprint density at radius 3 is 2.57 bits per heavy atom. The van der Waals surface area contributed by atoms with Gasteiger partial charge in [-0.1, -0.05) is 12.8 Å². The van der Waals surface area contributed by atoms with E-state index in [1.54, 1.807) is 0 Å². The van der Waals surface area contributed by atoms with Crippen molar-refractivity contribution < 1.29 is 9.53 Å². The van der Waals surface area contributed by atoms with Gasteiger partial charge in [-0.3, -0.25) is 4.79 Å². The van der Waals surface area contributed by atoms with Crippen molar-refractivity contribution in [2.75, 3.05) is 11.9 Å². The number of ether oxygens (including phenoxy) is 1. The molecule has 0 bridgehead atoms. The minimum atomic E-state index is -0.375. The molecule has 21 heavy (non-hydrogen) atoms. The third-order valence-corrected chi connectivity index (χ3v) is 4.25. The number of amides is 1. The van der Waals surface area contributed by atoms with Gasteiger partial charge >= 0.3 is 0 Å². The largest absolute Gasteiger partial charge is 0.491 e. The SMILES string of the molecule is Cc1cc(OC(C)C)ccc1NC(=O)C1(CN)CCCC1. The molecule has 2 rings (SSSR count). The molecule has 116 valence electrons.